The third-order valence-electron chi connectivity index (χ3n) is 5.14. The van der Waals surface area contributed by atoms with Gasteiger partial charge in [0.1, 0.15) is 0 Å². The lowest BCUT2D eigenvalue weighted by atomic mass is 10.1. The fraction of sp³-hybridized carbons (Fsp3) is 0.458. The van der Waals surface area contributed by atoms with Gasteiger partial charge < -0.3 is 14.8 Å². The Labute approximate surface area is 183 Å². The molecule has 166 valence electrons. The van der Waals surface area contributed by atoms with Gasteiger partial charge in [0.05, 0.1) is 30.2 Å². The van der Waals surface area contributed by atoms with Gasteiger partial charge in [0.2, 0.25) is 0 Å². The molecule has 0 saturated carbocycles. The quantitative estimate of drug-likeness (QED) is 0.544. The number of amides is 1. The molecule has 7 nitrogen and oxygen atoms in total. The molecule has 0 saturated heterocycles. The van der Waals surface area contributed by atoms with Crippen LogP contribution in [0.15, 0.2) is 24.4 Å². The first kappa shape index (κ1) is 22.6. The summed E-state index contributed by atoms with van der Waals surface area (Å²) in [5.74, 6) is 1.82. The lowest BCUT2D eigenvalue weighted by molar-refractivity contribution is 0.0950. The van der Waals surface area contributed by atoms with Crippen LogP contribution in [0.1, 0.15) is 55.9 Å². The molecule has 31 heavy (non-hydrogen) atoms. The second-order valence-corrected chi connectivity index (χ2v) is 7.92. The first-order chi connectivity index (χ1) is 14.9. The Hall–Kier alpha value is -3.09. The minimum Gasteiger partial charge on any atom is -0.490 e. The SMILES string of the molecule is CCOc1ccc(-c2c(C)nn3c(C)c(C(=O)NCCC(C)C)cnc23)cc1OCC. The Morgan fingerprint density at radius 2 is 1.84 bits per heavy atom. The van der Waals surface area contributed by atoms with Gasteiger partial charge in [-0.3, -0.25) is 4.79 Å². The highest BCUT2D eigenvalue weighted by Crippen LogP contribution is 2.35. The van der Waals surface area contributed by atoms with Crippen LogP contribution in [-0.2, 0) is 0 Å². The van der Waals surface area contributed by atoms with Gasteiger partial charge in [0.15, 0.2) is 17.1 Å². The first-order valence-corrected chi connectivity index (χ1v) is 10.9. The fourth-order valence-corrected chi connectivity index (χ4v) is 3.54. The maximum atomic E-state index is 12.6. The number of nitrogens with zero attached hydrogens (tertiary/aromatic N) is 3. The zero-order valence-corrected chi connectivity index (χ0v) is 19.3. The molecule has 7 heteroatoms. The number of benzene rings is 1. The zero-order valence-electron chi connectivity index (χ0n) is 19.3. The Kier molecular flexibility index (Phi) is 7.15. The van der Waals surface area contributed by atoms with Crippen LogP contribution >= 0.6 is 0 Å². The van der Waals surface area contributed by atoms with Crippen LogP contribution in [0.25, 0.3) is 16.8 Å². The number of ether oxygens (including phenoxy) is 2. The molecule has 0 radical (unpaired) electrons. The van der Waals surface area contributed by atoms with Gasteiger partial charge in [-0.1, -0.05) is 19.9 Å². The first-order valence-electron chi connectivity index (χ1n) is 10.9. The molecule has 0 aliphatic rings. The largest absolute Gasteiger partial charge is 0.490 e. The number of carbonyl (C=O) groups is 1. The van der Waals surface area contributed by atoms with Crippen molar-refractivity contribution in [2.24, 2.45) is 5.92 Å². The highest BCUT2D eigenvalue weighted by molar-refractivity contribution is 5.95. The molecule has 1 amide bonds. The van der Waals surface area contributed by atoms with Crippen LogP contribution < -0.4 is 14.8 Å². The molecule has 3 aromatic rings. The van der Waals surface area contributed by atoms with Crippen molar-refractivity contribution in [3.8, 4) is 22.6 Å². The van der Waals surface area contributed by atoms with E-state index in [-0.39, 0.29) is 5.91 Å². The molecule has 0 unspecified atom stereocenters. The van der Waals surface area contributed by atoms with Gasteiger partial charge in [-0.2, -0.15) is 5.10 Å². The minimum absolute atomic E-state index is 0.123. The van der Waals surface area contributed by atoms with Gasteiger partial charge in [-0.25, -0.2) is 9.50 Å². The molecule has 0 atom stereocenters. The summed E-state index contributed by atoms with van der Waals surface area (Å²) in [4.78, 5) is 17.3. The molecule has 0 spiro atoms. The number of nitrogens with one attached hydrogen (secondary N) is 1. The normalized spacial score (nSPS) is 11.2. The summed E-state index contributed by atoms with van der Waals surface area (Å²) in [7, 11) is 0. The Morgan fingerprint density at radius 1 is 1.13 bits per heavy atom. The topological polar surface area (TPSA) is 77.8 Å². The smallest absolute Gasteiger partial charge is 0.254 e. The summed E-state index contributed by atoms with van der Waals surface area (Å²) >= 11 is 0. The van der Waals surface area contributed by atoms with Crippen molar-refractivity contribution in [3.05, 3.63) is 41.3 Å². The van der Waals surface area contributed by atoms with Crippen molar-refractivity contribution in [2.75, 3.05) is 19.8 Å². The summed E-state index contributed by atoms with van der Waals surface area (Å²) in [6, 6.07) is 5.86. The maximum Gasteiger partial charge on any atom is 0.254 e. The third-order valence-corrected chi connectivity index (χ3v) is 5.14. The van der Waals surface area contributed by atoms with E-state index < -0.39 is 0 Å². The van der Waals surface area contributed by atoms with Crippen LogP contribution in [0.3, 0.4) is 0 Å². The molecule has 2 aromatic heterocycles. The molecule has 0 aliphatic heterocycles. The van der Waals surface area contributed by atoms with E-state index in [1.54, 1.807) is 10.7 Å². The zero-order chi connectivity index (χ0) is 22.5. The summed E-state index contributed by atoms with van der Waals surface area (Å²) in [5, 5.41) is 7.66. The highest BCUT2D eigenvalue weighted by Gasteiger charge is 2.20. The van der Waals surface area contributed by atoms with Crippen molar-refractivity contribution in [1.82, 2.24) is 19.9 Å². The number of rotatable bonds is 9. The Balaban J connectivity index is 2.00. The van der Waals surface area contributed by atoms with Crippen molar-refractivity contribution < 1.29 is 14.3 Å². The third kappa shape index (κ3) is 4.81. The van der Waals surface area contributed by atoms with E-state index in [1.165, 1.54) is 0 Å². The number of carbonyl (C=O) groups excluding carboxylic acids is 1. The summed E-state index contributed by atoms with van der Waals surface area (Å²) in [5.41, 5.74) is 4.70. The lowest BCUT2D eigenvalue weighted by Gasteiger charge is -2.12. The van der Waals surface area contributed by atoms with Crippen LogP contribution in [0.2, 0.25) is 0 Å². The molecule has 0 fully saturated rings. The van der Waals surface area contributed by atoms with Crippen molar-refractivity contribution >= 4 is 11.6 Å². The molecule has 3 rings (SSSR count). The van der Waals surface area contributed by atoms with E-state index in [4.69, 9.17) is 9.47 Å². The molecular weight excluding hydrogens is 392 g/mol. The predicted molar refractivity (Wildman–Crippen MR) is 122 cm³/mol. The van der Waals surface area contributed by atoms with Gasteiger partial charge in [0.25, 0.3) is 5.91 Å². The van der Waals surface area contributed by atoms with Crippen molar-refractivity contribution in [3.63, 3.8) is 0 Å². The van der Waals surface area contributed by atoms with Gasteiger partial charge >= 0.3 is 0 Å². The fourth-order valence-electron chi connectivity index (χ4n) is 3.54. The van der Waals surface area contributed by atoms with Crippen LogP contribution in [0, 0.1) is 19.8 Å². The average Bonchev–Trinajstić information content (AvgIpc) is 3.06. The number of aromatic nitrogens is 3. The second-order valence-electron chi connectivity index (χ2n) is 7.92. The molecule has 0 aliphatic carbocycles. The van der Waals surface area contributed by atoms with E-state index >= 15 is 0 Å². The molecular formula is C24H32N4O3. The Bertz CT molecular complexity index is 1070. The maximum absolute atomic E-state index is 12.6. The van der Waals surface area contributed by atoms with Gasteiger partial charge in [0, 0.05) is 18.3 Å². The van der Waals surface area contributed by atoms with E-state index in [0.29, 0.717) is 48.4 Å². The van der Waals surface area contributed by atoms with E-state index in [2.05, 4.69) is 29.2 Å². The van der Waals surface area contributed by atoms with Crippen molar-refractivity contribution in [2.45, 2.75) is 48.0 Å². The predicted octanol–water partition coefficient (Wildman–Crippen LogP) is 4.59. The summed E-state index contributed by atoms with van der Waals surface area (Å²) in [6.07, 6.45) is 2.57. The standard InChI is InChI=1S/C24H32N4O3/c1-7-30-20-10-9-18(13-21(20)31-8-2)22-16(5)27-28-17(6)19(14-26-23(22)28)24(29)25-12-11-15(3)4/h9-10,13-15H,7-8,11-12H2,1-6H3,(H,25,29). The summed E-state index contributed by atoms with van der Waals surface area (Å²) in [6.45, 7) is 13.8. The molecule has 0 bridgehead atoms. The lowest BCUT2D eigenvalue weighted by Crippen LogP contribution is -2.27. The number of aryl methyl sites for hydroxylation is 2. The van der Waals surface area contributed by atoms with E-state index in [0.717, 1.165) is 28.9 Å². The monoisotopic (exact) mass is 424 g/mol. The molecule has 1 N–H and O–H groups in total. The van der Waals surface area contributed by atoms with Crippen LogP contribution in [0.5, 0.6) is 11.5 Å². The number of fused-ring (bicyclic) bond motifs is 1. The van der Waals surface area contributed by atoms with Gasteiger partial charge in [-0.15, -0.1) is 0 Å². The number of hydrogen-bond acceptors (Lipinski definition) is 5. The molecule has 2 heterocycles. The average molecular weight is 425 g/mol. The van der Waals surface area contributed by atoms with Gasteiger partial charge in [-0.05, 0) is 57.7 Å². The highest BCUT2D eigenvalue weighted by atomic mass is 16.5. The van der Waals surface area contributed by atoms with E-state index in [1.807, 2.05) is 45.9 Å². The second kappa shape index (κ2) is 9.81. The minimum atomic E-state index is -0.123. The van der Waals surface area contributed by atoms with E-state index in [9.17, 15) is 4.79 Å². The number of hydrogen-bond donors (Lipinski definition) is 1. The Morgan fingerprint density at radius 3 is 2.52 bits per heavy atom. The van der Waals surface area contributed by atoms with Crippen molar-refractivity contribution in [1.29, 1.82) is 0 Å². The summed E-state index contributed by atoms with van der Waals surface area (Å²) < 4.78 is 13.2. The molecule has 1 aromatic carbocycles. The van der Waals surface area contributed by atoms with Crippen LogP contribution in [0.4, 0.5) is 0 Å². The van der Waals surface area contributed by atoms with Crippen LogP contribution in [-0.4, -0.2) is 40.3 Å².